The summed E-state index contributed by atoms with van der Waals surface area (Å²) in [7, 11) is 0. The summed E-state index contributed by atoms with van der Waals surface area (Å²) in [5.41, 5.74) is 3.75. The van der Waals surface area contributed by atoms with Crippen LogP contribution >= 0.6 is 0 Å². The first-order valence-electron chi connectivity index (χ1n) is 9.32. The number of rotatable bonds is 7. The largest absolute Gasteiger partial charge is 0.494 e. The lowest BCUT2D eigenvalue weighted by molar-refractivity contribution is -0.123. The lowest BCUT2D eigenvalue weighted by Crippen LogP contribution is -2.22. The summed E-state index contributed by atoms with van der Waals surface area (Å²) in [5.74, 6) is 2.19. The number of ether oxygens (including phenoxy) is 2. The number of carbonyl (C=O) groups excluding carboxylic acids is 1. The average Bonchev–Trinajstić information content (AvgIpc) is 3.23. The van der Waals surface area contributed by atoms with Crippen molar-refractivity contribution in [2.45, 2.75) is 46.5 Å². The number of nitrogens with one attached hydrogen (secondary N) is 1. The SMILES string of the molecule is CCOc1ccc(/C=N\NC(=O)[C@@H]2[C@@H]3CCCC[C@@]23C)c(OCC)c1. The topological polar surface area (TPSA) is 59.9 Å². The third-order valence-corrected chi connectivity index (χ3v) is 5.59. The molecule has 1 aromatic carbocycles. The van der Waals surface area contributed by atoms with E-state index in [-0.39, 0.29) is 17.2 Å². The van der Waals surface area contributed by atoms with E-state index in [4.69, 9.17) is 9.47 Å². The van der Waals surface area contributed by atoms with E-state index < -0.39 is 0 Å². The second-order valence-electron chi connectivity index (χ2n) is 7.14. The molecule has 2 aliphatic rings. The Morgan fingerprint density at radius 3 is 2.80 bits per heavy atom. The summed E-state index contributed by atoms with van der Waals surface area (Å²) in [6.45, 7) is 7.29. The van der Waals surface area contributed by atoms with Crippen molar-refractivity contribution in [3.63, 3.8) is 0 Å². The number of nitrogens with zero attached hydrogens (tertiary/aromatic N) is 1. The van der Waals surface area contributed by atoms with E-state index in [1.165, 1.54) is 19.3 Å². The highest BCUT2D eigenvalue weighted by Gasteiger charge is 2.64. The van der Waals surface area contributed by atoms with Gasteiger partial charge in [0.15, 0.2) is 0 Å². The minimum absolute atomic E-state index is 0.0505. The molecule has 0 aromatic heterocycles. The van der Waals surface area contributed by atoms with E-state index in [2.05, 4.69) is 17.5 Å². The summed E-state index contributed by atoms with van der Waals surface area (Å²) >= 11 is 0. The van der Waals surface area contributed by atoms with Gasteiger partial charge in [-0.2, -0.15) is 5.10 Å². The van der Waals surface area contributed by atoms with Gasteiger partial charge in [0.25, 0.3) is 0 Å². The van der Waals surface area contributed by atoms with Gasteiger partial charge in [-0.1, -0.05) is 19.8 Å². The van der Waals surface area contributed by atoms with Crippen molar-refractivity contribution in [2.75, 3.05) is 13.2 Å². The van der Waals surface area contributed by atoms with Gasteiger partial charge < -0.3 is 9.47 Å². The van der Waals surface area contributed by atoms with Gasteiger partial charge in [0, 0.05) is 17.5 Å². The molecule has 0 radical (unpaired) electrons. The Hall–Kier alpha value is -2.04. The highest BCUT2D eigenvalue weighted by Crippen LogP contribution is 2.66. The minimum atomic E-state index is 0.0505. The van der Waals surface area contributed by atoms with Gasteiger partial charge in [0.05, 0.1) is 19.4 Å². The maximum Gasteiger partial charge on any atom is 0.244 e. The first-order chi connectivity index (χ1) is 12.1. The van der Waals surface area contributed by atoms with Crippen LogP contribution in [0.25, 0.3) is 0 Å². The fourth-order valence-corrected chi connectivity index (χ4v) is 4.24. The molecule has 0 spiro atoms. The van der Waals surface area contributed by atoms with Crippen LogP contribution < -0.4 is 14.9 Å². The fraction of sp³-hybridized carbons (Fsp3) is 0.600. The molecular weight excluding hydrogens is 316 g/mol. The summed E-state index contributed by atoms with van der Waals surface area (Å²) in [4.78, 5) is 12.4. The molecule has 1 N–H and O–H groups in total. The Morgan fingerprint density at radius 1 is 1.32 bits per heavy atom. The van der Waals surface area contributed by atoms with Crippen molar-refractivity contribution in [3.05, 3.63) is 23.8 Å². The van der Waals surface area contributed by atoms with E-state index in [9.17, 15) is 4.79 Å². The van der Waals surface area contributed by atoms with Crippen LogP contribution in [-0.2, 0) is 4.79 Å². The molecule has 5 heteroatoms. The molecule has 2 saturated carbocycles. The monoisotopic (exact) mass is 344 g/mol. The van der Waals surface area contributed by atoms with E-state index >= 15 is 0 Å². The molecule has 0 unspecified atom stereocenters. The Bertz CT molecular complexity index is 658. The number of carbonyl (C=O) groups is 1. The van der Waals surface area contributed by atoms with Gasteiger partial charge in [-0.05, 0) is 50.2 Å². The molecule has 0 aliphatic heterocycles. The van der Waals surface area contributed by atoms with Crippen LogP contribution in [0.5, 0.6) is 11.5 Å². The highest BCUT2D eigenvalue weighted by atomic mass is 16.5. The average molecular weight is 344 g/mol. The van der Waals surface area contributed by atoms with E-state index in [1.807, 2.05) is 32.0 Å². The minimum Gasteiger partial charge on any atom is -0.494 e. The number of benzene rings is 1. The molecule has 3 rings (SSSR count). The number of hydrogen-bond donors (Lipinski definition) is 1. The zero-order valence-electron chi connectivity index (χ0n) is 15.4. The molecule has 1 amide bonds. The lowest BCUT2D eigenvalue weighted by Gasteiger charge is -2.15. The molecule has 1 aromatic rings. The summed E-state index contributed by atoms with van der Waals surface area (Å²) in [6, 6.07) is 5.63. The van der Waals surface area contributed by atoms with Gasteiger partial charge in [-0.25, -0.2) is 5.43 Å². The van der Waals surface area contributed by atoms with Crippen LogP contribution in [0, 0.1) is 17.3 Å². The van der Waals surface area contributed by atoms with Gasteiger partial charge in [-0.3, -0.25) is 4.79 Å². The predicted octanol–water partition coefficient (Wildman–Crippen LogP) is 3.76. The molecule has 0 saturated heterocycles. The van der Waals surface area contributed by atoms with Crippen LogP contribution in [0.15, 0.2) is 23.3 Å². The van der Waals surface area contributed by atoms with Crippen LogP contribution in [0.2, 0.25) is 0 Å². The number of hydrazone groups is 1. The molecule has 2 aliphatic carbocycles. The first-order valence-corrected chi connectivity index (χ1v) is 9.32. The van der Waals surface area contributed by atoms with Gasteiger partial charge in [0.2, 0.25) is 5.91 Å². The van der Waals surface area contributed by atoms with Crippen molar-refractivity contribution in [2.24, 2.45) is 22.4 Å². The molecule has 25 heavy (non-hydrogen) atoms. The van der Waals surface area contributed by atoms with Crippen LogP contribution in [-0.4, -0.2) is 25.3 Å². The maximum absolute atomic E-state index is 12.4. The Labute approximate surface area is 149 Å². The summed E-state index contributed by atoms with van der Waals surface area (Å²) in [6.07, 6.45) is 6.46. The first kappa shape index (κ1) is 17.8. The van der Waals surface area contributed by atoms with E-state index in [1.54, 1.807) is 6.21 Å². The van der Waals surface area contributed by atoms with Crippen LogP contribution in [0.3, 0.4) is 0 Å². The fourth-order valence-electron chi connectivity index (χ4n) is 4.24. The second kappa shape index (κ2) is 7.46. The zero-order valence-corrected chi connectivity index (χ0v) is 15.4. The van der Waals surface area contributed by atoms with Crippen molar-refractivity contribution >= 4 is 12.1 Å². The molecule has 0 heterocycles. The molecule has 0 bridgehead atoms. The predicted molar refractivity (Wildman–Crippen MR) is 98.1 cm³/mol. The van der Waals surface area contributed by atoms with E-state index in [0.717, 1.165) is 17.7 Å². The highest BCUT2D eigenvalue weighted by molar-refractivity contribution is 5.87. The molecular formula is C20H28N2O3. The van der Waals surface area contributed by atoms with Crippen molar-refractivity contribution in [1.29, 1.82) is 0 Å². The van der Waals surface area contributed by atoms with E-state index in [0.29, 0.717) is 24.9 Å². The van der Waals surface area contributed by atoms with Gasteiger partial charge in [-0.15, -0.1) is 0 Å². The smallest absolute Gasteiger partial charge is 0.244 e. The Kier molecular flexibility index (Phi) is 5.30. The van der Waals surface area contributed by atoms with Gasteiger partial charge in [0.1, 0.15) is 11.5 Å². The molecule has 136 valence electrons. The summed E-state index contributed by atoms with van der Waals surface area (Å²) in [5, 5.41) is 4.16. The standard InChI is InChI=1S/C20H28N2O3/c1-4-24-15-10-9-14(17(12-15)25-5-2)13-21-22-19(23)18-16-8-6-7-11-20(16,18)3/h9-10,12-13,16,18H,4-8,11H2,1-3H3,(H,22,23)/b21-13-/t16-,18-,20+/m0/s1. The third kappa shape index (κ3) is 3.65. The molecule has 5 nitrogen and oxygen atoms in total. The molecule has 3 atom stereocenters. The number of fused-ring (bicyclic) bond motifs is 1. The Morgan fingerprint density at radius 2 is 2.12 bits per heavy atom. The maximum atomic E-state index is 12.4. The number of hydrogen-bond acceptors (Lipinski definition) is 4. The van der Waals surface area contributed by atoms with Crippen LogP contribution in [0.1, 0.15) is 52.0 Å². The van der Waals surface area contributed by atoms with Gasteiger partial charge >= 0.3 is 0 Å². The number of amides is 1. The van der Waals surface area contributed by atoms with Crippen molar-refractivity contribution < 1.29 is 14.3 Å². The normalized spacial score (nSPS) is 27.6. The van der Waals surface area contributed by atoms with Crippen molar-refractivity contribution in [3.8, 4) is 11.5 Å². The third-order valence-electron chi connectivity index (χ3n) is 5.59. The van der Waals surface area contributed by atoms with Crippen molar-refractivity contribution in [1.82, 2.24) is 5.43 Å². The summed E-state index contributed by atoms with van der Waals surface area (Å²) < 4.78 is 11.2. The zero-order chi connectivity index (χ0) is 17.9. The molecule has 2 fully saturated rings. The van der Waals surface area contributed by atoms with Crippen LogP contribution in [0.4, 0.5) is 0 Å². The lowest BCUT2D eigenvalue weighted by atomic mass is 9.90. The Balaban J connectivity index is 1.63. The quantitative estimate of drug-likeness (QED) is 0.605. The second-order valence-corrected chi connectivity index (χ2v) is 7.14.